The number of β-lactam (4-membered cyclic amide) rings is 1. The van der Waals surface area contributed by atoms with E-state index in [9.17, 15) is 9.59 Å². The zero-order valence-corrected chi connectivity index (χ0v) is 43.2. The number of nitrogens with one attached hydrogen (secondary N) is 2. The highest BCUT2D eigenvalue weighted by atomic mass is 32.2. The van der Waals surface area contributed by atoms with Gasteiger partial charge in [-0.25, -0.2) is 9.78 Å². The van der Waals surface area contributed by atoms with Crippen LogP contribution in [0.2, 0.25) is 0 Å². The first-order valence-corrected chi connectivity index (χ1v) is 27.1. The van der Waals surface area contributed by atoms with Crippen LogP contribution in [0, 0.1) is 5.92 Å². The Labute approximate surface area is 450 Å². The molecule has 378 valence electrons. The molecule has 2 atom stereocenters. The minimum Gasteiger partial charge on any atom is -0.497 e. The molecule has 1 aliphatic carbocycles. The summed E-state index contributed by atoms with van der Waals surface area (Å²) in [6.07, 6.45) is 6.20. The van der Waals surface area contributed by atoms with Gasteiger partial charge >= 0.3 is 5.97 Å². The van der Waals surface area contributed by atoms with E-state index in [0.29, 0.717) is 28.1 Å². The SMILES string of the molecule is COc1ccc(COC(=O)C2=C(/C=C\C3CC3)CS[C@@H]3[C@H](NC(=O)/C(=N\OC(c4ccccc4)(c4ccccc4)c4ccccc4)c4csc(NC(c5ccccc5)(c5ccccc5)c5ccccc5)n4)C(=O)N23)cc1. The Morgan fingerprint density at radius 3 is 1.68 bits per heavy atom. The number of methoxy groups -OCH3 is 1. The molecular weight excluding hydrogens is 987 g/mol. The van der Waals surface area contributed by atoms with Crippen LogP contribution in [0.1, 0.15) is 57.5 Å². The predicted molar refractivity (Wildman–Crippen MR) is 298 cm³/mol. The van der Waals surface area contributed by atoms with Gasteiger partial charge in [-0.3, -0.25) is 14.5 Å². The topological polar surface area (TPSA) is 131 Å². The number of esters is 1. The number of thioether (sulfide) groups is 1. The number of ether oxygens (including phenoxy) is 2. The molecule has 2 fully saturated rings. The Morgan fingerprint density at radius 2 is 1.20 bits per heavy atom. The van der Waals surface area contributed by atoms with E-state index < -0.39 is 40.3 Å². The number of amides is 2. The number of allylic oxidation sites excluding steroid dienone is 2. The van der Waals surface area contributed by atoms with Crippen molar-refractivity contribution in [3.05, 3.63) is 280 Å². The molecule has 8 aromatic rings. The van der Waals surface area contributed by atoms with Crippen molar-refractivity contribution in [1.29, 1.82) is 0 Å². The molecule has 76 heavy (non-hydrogen) atoms. The van der Waals surface area contributed by atoms with Crippen molar-refractivity contribution >= 4 is 51.7 Å². The van der Waals surface area contributed by atoms with E-state index in [1.807, 2.05) is 164 Å². The number of hydrogen-bond donors (Lipinski definition) is 2. The summed E-state index contributed by atoms with van der Waals surface area (Å²) in [6.45, 7) is -0.00410. The second-order valence-electron chi connectivity index (χ2n) is 18.7. The minimum atomic E-state index is -1.35. The summed E-state index contributed by atoms with van der Waals surface area (Å²) in [6, 6.07) is 66.1. The third-order valence-electron chi connectivity index (χ3n) is 13.9. The first-order valence-electron chi connectivity index (χ1n) is 25.2. The average Bonchev–Trinajstić information content (AvgIpc) is 4.30. The Hall–Kier alpha value is -8.52. The van der Waals surface area contributed by atoms with Crippen molar-refractivity contribution in [2.24, 2.45) is 11.1 Å². The van der Waals surface area contributed by atoms with E-state index in [0.717, 1.165) is 51.8 Å². The number of nitrogens with zero attached hydrogens (tertiary/aromatic N) is 3. The molecular formula is C63H53N5O6S2. The number of fused-ring (bicyclic) bond motifs is 1. The van der Waals surface area contributed by atoms with E-state index in [1.165, 1.54) is 28.0 Å². The van der Waals surface area contributed by atoms with Crippen molar-refractivity contribution < 1.29 is 28.7 Å². The van der Waals surface area contributed by atoms with Gasteiger partial charge in [-0.05, 0) is 58.7 Å². The van der Waals surface area contributed by atoms with E-state index in [4.69, 9.17) is 24.5 Å². The molecule has 3 heterocycles. The lowest BCUT2D eigenvalue weighted by Crippen LogP contribution is -2.71. The molecule has 0 radical (unpaired) electrons. The van der Waals surface area contributed by atoms with Gasteiger partial charge in [-0.15, -0.1) is 23.1 Å². The normalized spacial score (nSPS) is 16.6. The smallest absolute Gasteiger partial charge is 0.355 e. The maximum Gasteiger partial charge on any atom is 0.355 e. The Balaban J connectivity index is 0.975. The molecule has 7 aromatic carbocycles. The Morgan fingerprint density at radius 1 is 0.697 bits per heavy atom. The molecule has 0 bridgehead atoms. The Kier molecular flexibility index (Phi) is 14.5. The lowest BCUT2D eigenvalue weighted by molar-refractivity contribution is -0.153. The monoisotopic (exact) mass is 1040 g/mol. The van der Waals surface area contributed by atoms with Gasteiger partial charge in [-0.1, -0.05) is 211 Å². The third-order valence-corrected chi connectivity index (χ3v) is 15.9. The van der Waals surface area contributed by atoms with Crippen LogP contribution in [-0.4, -0.2) is 57.7 Å². The standard InChI is InChI=1S/C63H53N5O6S2/c1-72-52-38-35-44(36-39-52)40-73-60(71)56-45(37-34-43-32-33-43)41-75-59-55(58(70)68(56)59)65-57(69)54(67-74-63(49-26-14-5-15-27-49,50-28-16-6-17-29-50)51-30-18-7-19-31-51)53-42-76-61(64-53)66-62(46-20-8-2-9-21-46,47-22-10-3-11-23-47)48-24-12-4-13-25-48/h2-31,34-39,42-43,55,59H,32-33,40-41H2,1H3,(H,64,66)(H,65,69)/b37-34-,67-54-/t55-,59-/m1/s1. The third kappa shape index (κ3) is 9.94. The largest absolute Gasteiger partial charge is 0.497 e. The fourth-order valence-corrected chi connectivity index (χ4v) is 11.9. The number of rotatable bonds is 19. The van der Waals surface area contributed by atoms with Gasteiger partial charge in [-0.2, -0.15) is 0 Å². The summed E-state index contributed by atoms with van der Waals surface area (Å²) >= 11 is 2.79. The van der Waals surface area contributed by atoms with Crippen molar-refractivity contribution in [3.8, 4) is 5.75 Å². The lowest BCUT2D eigenvalue weighted by atomic mass is 9.77. The molecule has 0 spiro atoms. The summed E-state index contributed by atoms with van der Waals surface area (Å²) in [4.78, 5) is 57.7. The van der Waals surface area contributed by atoms with Crippen molar-refractivity contribution in [2.75, 3.05) is 18.2 Å². The van der Waals surface area contributed by atoms with E-state index in [2.05, 4.69) is 53.1 Å². The van der Waals surface area contributed by atoms with Crippen LogP contribution in [0.25, 0.3) is 0 Å². The maximum absolute atomic E-state index is 15.3. The zero-order valence-electron chi connectivity index (χ0n) is 41.5. The van der Waals surface area contributed by atoms with Crippen LogP contribution >= 0.6 is 23.1 Å². The first-order chi connectivity index (χ1) is 37.4. The molecule has 11 rings (SSSR count). The van der Waals surface area contributed by atoms with E-state index >= 15 is 4.79 Å². The van der Waals surface area contributed by atoms with E-state index in [-0.39, 0.29) is 23.7 Å². The summed E-state index contributed by atoms with van der Waals surface area (Å²) in [5.41, 5.74) is 4.63. The number of benzene rings is 7. The molecule has 0 unspecified atom stereocenters. The van der Waals surface area contributed by atoms with Gasteiger partial charge in [0.15, 0.2) is 10.8 Å². The van der Waals surface area contributed by atoms with Crippen LogP contribution in [0.5, 0.6) is 5.75 Å². The van der Waals surface area contributed by atoms with Crippen LogP contribution in [-0.2, 0) is 41.7 Å². The number of aromatic nitrogens is 1. The van der Waals surface area contributed by atoms with Gasteiger partial charge in [0.1, 0.15) is 40.7 Å². The minimum absolute atomic E-state index is 0.00410. The molecule has 3 aliphatic rings. The van der Waals surface area contributed by atoms with Crippen LogP contribution in [0.4, 0.5) is 5.13 Å². The van der Waals surface area contributed by atoms with Crippen molar-refractivity contribution in [1.82, 2.24) is 15.2 Å². The quantitative estimate of drug-likeness (QED) is 0.0267. The number of thiazole rings is 1. The van der Waals surface area contributed by atoms with Gasteiger partial charge in [0.2, 0.25) is 5.60 Å². The van der Waals surface area contributed by atoms with Gasteiger partial charge < -0.3 is 24.9 Å². The Bertz CT molecular complexity index is 3220. The molecule has 1 aromatic heterocycles. The molecule has 1 saturated carbocycles. The van der Waals surface area contributed by atoms with Gasteiger partial charge in [0.25, 0.3) is 11.8 Å². The summed E-state index contributed by atoms with van der Waals surface area (Å²) in [7, 11) is 1.59. The number of carbonyl (C=O) groups excluding carboxylic acids is 3. The summed E-state index contributed by atoms with van der Waals surface area (Å²) in [5, 5.41) is 13.4. The summed E-state index contributed by atoms with van der Waals surface area (Å²) in [5.74, 6) is -0.228. The number of carbonyl (C=O) groups is 3. The lowest BCUT2D eigenvalue weighted by Gasteiger charge is -2.49. The molecule has 2 aliphatic heterocycles. The number of anilines is 1. The number of oxime groups is 1. The molecule has 2 N–H and O–H groups in total. The molecule has 13 heteroatoms. The maximum atomic E-state index is 15.3. The predicted octanol–water partition coefficient (Wildman–Crippen LogP) is 11.6. The molecule has 11 nitrogen and oxygen atoms in total. The molecule has 1 saturated heterocycles. The highest BCUT2D eigenvalue weighted by Gasteiger charge is 2.55. The number of hydrogen-bond acceptors (Lipinski definition) is 11. The highest BCUT2D eigenvalue weighted by Crippen LogP contribution is 2.45. The molecule has 2 amide bonds. The zero-order chi connectivity index (χ0) is 51.9. The summed E-state index contributed by atoms with van der Waals surface area (Å²) < 4.78 is 11.2. The van der Waals surface area contributed by atoms with Crippen molar-refractivity contribution in [3.63, 3.8) is 0 Å². The van der Waals surface area contributed by atoms with Crippen LogP contribution in [0.15, 0.2) is 240 Å². The first kappa shape index (κ1) is 49.7. The second-order valence-corrected chi connectivity index (χ2v) is 20.6. The van der Waals surface area contributed by atoms with E-state index in [1.54, 1.807) is 24.6 Å². The van der Waals surface area contributed by atoms with Gasteiger partial charge in [0.05, 0.1) is 7.11 Å². The average molecular weight is 1040 g/mol. The fourth-order valence-electron chi connectivity index (χ4n) is 9.83. The van der Waals surface area contributed by atoms with Crippen LogP contribution in [0.3, 0.4) is 0 Å². The second kappa shape index (κ2) is 22.1. The van der Waals surface area contributed by atoms with Crippen LogP contribution < -0.4 is 15.4 Å². The van der Waals surface area contributed by atoms with Gasteiger partial charge in [0, 0.05) is 27.8 Å². The fraction of sp³-hybridized carbons (Fsp3) is 0.159. The van der Waals surface area contributed by atoms with Crippen molar-refractivity contribution in [2.45, 2.75) is 42.0 Å². The highest BCUT2D eigenvalue weighted by molar-refractivity contribution is 8.00.